The highest BCUT2D eigenvalue weighted by Crippen LogP contribution is 2.02. The molecule has 0 fully saturated rings. The molecule has 0 amide bonds. The van der Waals surface area contributed by atoms with Crippen molar-refractivity contribution in [1.29, 1.82) is 5.26 Å². The smallest absolute Gasteiger partial charge is 0.1000 e. The molecule has 1 rings (SSSR count). The van der Waals surface area contributed by atoms with Gasteiger partial charge >= 0.3 is 0 Å². The predicted molar refractivity (Wildman–Crippen MR) is 29.0 cm³/mol. The van der Waals surface area contributed by atoms with Crippen LogP contribution in [0.3, 0.4) is 0 Å². The molecule has 1 aromatic heterocycles. The van der Waals surface area contributed by atoms with Gasteiger partial charge in [0.2, 0.25) is 0 Å². The quantitative estimate of drug-likeness (QED) is 0.498. The third-order valence-electron chi connectivity index (χ3n) is 0.597. The van der Waals surface area contributed by atoms with Gasteiger partial charge in [0.05, 0.1) is 13.0 Å². The minimum atomic E-state index is 0.446. The standard InChI is InChI=1S/C5H3NS/c6-3-5-1-2-7-4-5/h1-2,4H/i2D. The molecule has 0 radical (unpaired) electrons. The van der Waals surface area contributed by atoms with Crippen LogP contribution in [0.25, 0.3) is 0 Å². The summed E-state index contributed by atoms with van der Waals surface area (Å²) in [6.07, 6.45) is 0. The summed E-state index contributed by atoms with van der Waals surface area (Å²) in [6, 6.07) is 3.48. The SMILES string of the molecule is [2H]c1cc(C#N)cs1. The maximum absolute atomic E-state index is 8.22. The lowest BCUT2D eigenvalue weighted by atomic mass is 10.4. The second-order valence-electron chi connectivity index (χ2n) is 1.07. The minimum absolute atomic E-state index is 0.446. The van der Waals surface area contributed by atoms with Crippen molar-refractivity contribution in [2.45, 2.75) is 0 Å². The molecule has 0 aromatic carbocycles. The molecule has 0 aliphatic rings. The van der Waals surface area contributed by atoms with E-state index in [1.54, 1.807) is 11.4 Å². The molecule has 7 heavy (non-hydrogen) atoms. The average molecular weight is 110 g/mol. The number of nitrogens with zero attached hydrogens (tertiary/aromatic N) is 1. The Hall–Kier alpha value is -0.810. The number of rotatable bonds is 0. The summed E-state index contributed by atoms with van der Waals surface area (Å²) < 4.78 is 6.99. The molecule has 0 spiro atoms. The van der Waals surface area contributed by atoms with Crippen molar-refractivity contribution in [3.05, 3.63) is 22.4 Å². The van der Waals surface area contributed by atoms with E-state index < -0.39 is 0 Å². The van der Waals surface area contributed by atoms with E-state index in [0.29, 0.717) is 10.9 Å². The number of hydrogen-bond donors (Lipinski definition) is 0. The van der Waals surface area contributed by atoms with E-state index in [2.05, 4.69) is 0 Å². The van der Waals surface area contributed by atoms with E-state index in [9.17, 15) is 0 Å². The van der Waals surface area contributed by atoms with Gasteiger partial charge in [-0.25, -0.2) is 0 Å². The monoisotopic (exact) mass is 110 g/mol. The van der Waals surface area contributed by atoms with Gasteiger partial charge in [0, 0.05) is 5.38 Å². The van der Waals surface area contributed by atoms with Gasteiger partial charge in [-0.3, -0.25) is 0 Å². The van der Waals surface area contributed by atoms with Gasteiger partial charge in [0.15, 0.2) is 0 Å². The predicted octanol–water partition coefficient (Wildman–Crippen LogP) is 1.62. The van der Waals surface area contributed by atoms with Gasteiger partial charge in [-0.2, -0.15) is 16.6 Å². The number of thiophene rings is 1. The van der Waals surface area contributed by atoms with Crippen molar-refractivity contribution in [3.63, 3.8) is 0 Å². The molecular formula is C5H3NS. The Morgan fingerprint density at radius 3 is 3.14 bits per heavy atom. The summed E-state index contributed by atoms with van der Waals surface area (Å²) in [4.78, 5) is 0. The molecule has 0 unspecified atom stereocenters. The van der Waals surface area contributed by atoms with E-state index in [-0.39, 0.29) is 0 Å². The molecule has 0 aliphatic carbocycles. The van der Waals surface area contributed by atoms with Crippen LogP contribution in [0.15, 0.2) is 16.8 Å². The lowest BCUT2D eigenvalue weighted by molar-refractivity contribution is 1.51. The Morgan fingerprint density at radius 2 is 2.86 bits per heavy atom. The molecule has 0 aliphatic heterocycles. The van der Waals surface area contributed by atoms with Crippen molar-refractivity contribution in [3.8, 4) is 6.07 Å². The zero-order valence-corrected chi connectivity index (χ0v) is 4.33. The largest absolute Gasteiger partial charge is 0.192 e. The summed E-state index contributed by atoms with van der Waals surface area (Å²) in [5.74, 6) is 0. The molecule has 34 valence electrons. The normalized spacial score (nSPS) is 9.86. The fourth-order valence-corrected chi connectivity index (χ4v) is 0.798. The molecule has 0 saturated heterocycles. The number of hydrogen-bond acceptors (Lipinski definition) is 2. The first-order chi connectivity index (χ1) is 3.83. The topological polar surface area (TPSA) is 23.8 Å². The first-order valence-corrected chi connectivity index (χ1v) is 2.66. The Morgan fingerprint density at radius 1 is 2.00 bits per heavy atom. The van der Waals surface area contributed by atoms with Crippen molar-refractivity contribution in [2.24, 2.45) is 0 Å². The second kappa shape index (κ2) is 1.76. The van der Waals surface area contributed by atoms with Gasteiger partial charge in [-0.1, -0.05) is 0 Å². The first-order valence-electron chi connectivity index (χ1n) is 2.28. The maximum Gasteiger partial charge on any atom is 0.1000 e. The van der Waals surface area contributed by atoms with Gasteiger partial charge in [0.25, 0.3) is 0 Å². The molecule has 0 bridgehead atoms. The van der Waals surface area contributed by atoms with Crippen molar-refractivity contribution >= 4 is 11.3 Å². The molecule has 0 N–H and O–H groups in total. The van der Waals surface area contributed by atoms with E-state index in [1.807, 2.05) is 6.07 Å². The minimum Gasteiger partial charge on any atom is -0.192 e. The maximum atomic E-state index is 8.22. The third-order valence-corrected chi connectivity index (χ3v) is 1.22. The Labute approximate surface area is 47.2 Å². The van der Waals surface area contributed by atoms with Crippen LogP contribution in [-0.2, 0) is 0 Å². The Bertz CT molecular complexity index is 223. The van der Waals surface area contributed by atoms with E-state index in [4.69, 9.17) is 6.63 Å². The summed E-state index contributed by atoms with van der Waals surface area (Å²) >= 11 is 1.27. The lowest BCUT2D eigenvalue weighted by Gasteiger charge is -1.62. The van der Waals surface area contributed by atoms with Crippen molar-refractivity contribution in [2.75, 3.05) is 0 Å². The van der Waals surface area contributed by atoms with Gasteiger partial charge in [-0.05, 0) is 11.4 Å². The van der Waals surface area contributed by atoms with Gasteiger partial charge in [-0.15, -0.1) is 0 Å². The molecule has 1 aromatic rings. The highest BCUT2D eigenvalue weighted by atomic mass is 32.1. The van der Waals surface area contributed by atoms with Crippen LogP contribution in [0.4, 0.5) is 0 Å². The zero-order chi connectivity index (χ0) is 5.98. The number of nitriles is 1. The Balaban J connectivity index is 3.05. The lowest BCUT2D eigenvalue weighted by Crippen LogP contribution is -1.54. The van der Waals surface area contributed by atoms with Crippen molar-refractivity contribution < 1.29 is 1.37 Å². The second-order valence-corrected chi connectivity index (χ2v) is 1.77. The molecule has 0 saturated carbocycles. The van der Waals surface area contributed by atoms with Crippen LogP contribution in [0.2, 0.25) is 0 Å². The van der Waals surface area contributed by atoms with Gasteiger partial charge < -0.3 is 0 Å². The molecule has 1 nitrogen and oxygen atoms in total. The van der Waals surface area contributed by atoms with Crippen LogP contribution >= 0.6 is 11.3 Å². The molecular weight excluding hydrogens is 106 g/mol. The average Bonchev–Trinajstić information content (AvgIpc) is 2.14. The molecule has 1 heterocycles. The zero-order valence-electron chi connectivity index (χ0n) is 4.51. The summed E-state index contributed by atoms with van der Waals surface area (Å²) in [5, 5.41) is 10.3. The third kappa shape index (κ3) is 0.787. The van der Waals surface area contributed by atoms with Crippen LogP contribution in [0, 0.1) is 11.3 Å². The van der Waals surface area contributed by atoms with Crippen LogP contribution in [0.5, 0.6) is 0 Å². The highest BCUT2D eigenvalue weighted by molar-refractivity contribution is 7.08. The molecule has 0 atom stereocenters. The Kier molecular flexibility index (Phi) is 0.812. The van der Waals surface area contributed by atoms with E-state index in [1.165, 1.54) is 11.3 Å². The first kappa shape index (κ1) is 3.23. The highest BCUT2D eigenvalue weighted by Gasteiger charge is 1.82. The fraction of sp³-hybridized carbons (Fsp3) is 0. The summed E-state index contributed by atoms with van der Waals surface area (Å²) in [6.45, 7) is 0. The van der Waals surface area contributed by atoms with Crippen LogP contribution in [0.1, 0.15) is 6.93 Å². The summed E-state index contributed by atoms with van der Waals surface area (Å²) in [5.41, 5.74) is 0.583. The van der Waals surface area contributed by atoms with Crippen LogP contribution < -0.4 is 0 Å². The molecule has 2 heteroatoms. The van der Waals surface area contributed by atoms with E-state index in [0.717, 1.165) is 0 Å². The van der Waals surface area contributed by atoms with E-state index >= 15 is 0 Å². The summed E-state index contributed by atoms with van der Waals surface area (Å²) in [7, 11) is 0. The fourth-order valence-electron chi connectivity index (χ4n) is 0.288. The van der Waals surface area contributed by atoms with Crippen LogP contribution in [-0.4, -0.2) is 0 Å². The van der Waals surface area contributed by atoms with Gasteiger partial charge in [0.1, 0.15) is 0 Å². The van der Waals surface area contributed by atoms with Crippen molar-refractivity contribution in [1.82, 2.24) is 0 Å².